The van der Waals surface area contributed by atoms with Gasteiger partial charge in [-0.2, -0.15) is 5.10 Å². The maximum atomic E-state index is 6.17. The van der Waals surface area contributed by atoms with E-state index in [-0.39, 0.29) is 0 Å². The average Bonchev–Trinajstić information content (AvgIpc) is 3.15. The summed E-state index contributed by atoms with van der Waals surface area (Å²) in [6.07, 6.45) is 3.87. The molecule has 0 saturated heterocycles. The number of aromatic amines is 1. The Morgan fingerprint density at radius 1 is 1.17 bits per heavy atom. The van der Waals surface area contributed by atoms with Crippen LogP contribution in [0.15, 0.2) is 42.7 Å². The van der Waals surface area contributed by atoms with E-state index in [0.717, 1.165) is 34.4 Å². The first kappa shape index (κ1) is 13.8. The number of nitrogens with zero attached hydrogens (tertiary/aromatic N) is 4. The Bertz CT molecular complexity index is 981. The molecule has 0 atom stereocenters. The Hall–Kier alpha value is -2.86. The van der Waals surface area contributed by atoms with Crippen LogP contribution in [-0.4, -0.2) is 38.6 Å². The van der Waals surface area contributed by atoms with E-state index in [9.17, 15) is 0 Å². The zero-order valence-electron chi connectivity index (χ0n) is 13.1. The van der Waals surface area contributed by atoms with Crippen LogP contribution in [-0.2, 0) is 6.54 Å². The van der Waals surface area contributed by atoms with Crippen LogP contribution in [0.2, 0.25) is 0 Å². The van der Waals surface area contributed by atoms with Gasteiger partial charge in [0.05, 0.1) is 22.2 Å². The Balaban J connectivity index is 1.92. The molecule has 0 aliphatic carbocycles. The van der Waals surface area contributed by atoms with Gasteiger partial charge in [-0.25, -0.2) is 4.98 Å². The van der Waals surface area contributed by atoms with Crippen molar-refractivity contribution in [1.29, 1.82) is 0 Å². The lowest BCUT2D eigenvalue weighted by atomic mass is 10.1. The molecule has 0 spiro atoms. The van der Waals surface area contributed by atoms with Crippen LogP contribution in [0.25, 0.3) is 27.8 Å². The van der Waals surface area contributed by atoms with E-state index < -0.39 is 0 Å². The van der Waals surface area contributed by atoms with Crippen LogP contribution in [0.4, 0.5) is 5.82 Å². The van der Waals surface area contributed by atoms with Gasteiger partial charge in [0.15, 0.2) is 0 Å². The summed E-state index contributed by atoms with van der Waals surface area (Å²) in [5.74, 6) is 0.546. The van der Waals surface area contributed by atoms with E-state index in [1.807, 2.05) is 12.1 Å². The number of hydrogen-bond donors (Lipinski definition) is 2. The van der Waals surface area contributed by atoms with Gasteiger partial charge < -0.3 is 15.0 Å². The molecule has 116 valence electrons. The Morgan fingerprint density at radius 3 is 2.78 bits per heavy atom. The van der Waals surface area contributed by atoms with E-state index in [4.69, 9.17) is 5.73 Å². The number of benzene rings is 1. The highest BCUT2D eigenvalue weighted by atomic mass is 15.1. The molecule has 0 aliphatic heterocycles. The predicted octanol–water partition coefficient (Wildman–Crippen LogP) is 2.52. The Morgan fingerprint density at radius 2 is 2.04 bits per heavy atom. The predicted molar refractivity (Wildman–Crippen MR) is 92.1 cm³/mol. The van der Waals surface area contributed by atoms with Crippen molar-refractivity contribution in [1.82, 2.24) is 24.5 Å². The quantitative estimate of drug-likeness (QED) is 0.610. The fraction of sp³-hybridized carbons (Fsp3) is 0.176. The van der Waals surface area contributed by atoms with Crippen LogP contribution in [0, 0.1) is 0 Å². The van der Waals surface area contributed by atoms with Crippen molar-refractivity contribution < 1.29 is 0 Å². The molecule has 4 rings (SSSR count). The van der Waals surface area contributed by atoms with E-state index in [1.54, 1.807) is 6.20 Å². The molecule has 0 aliphatic rings. The molecule has 0 radical (unpaired) electrons. The number of nitrogen functional groups attached to an aromatic ring is 1. The second-order valence-electron chi connectivity index (χ2n) is 6.01. The second kappa shape index (κ2) is 5.10. The summed E-state index contributed by atoms with van der Waals surface area (Å²) in [5, 5.41) is 6.97. The molecule has 6 nitrogen and oxygen atoms in total. The second-order valence-corrected chi connectivity index (χ2v) is 6.01. The highest BCUT2D eigenvalue weighted by molar-refractivity contribution is 5.87. The number of nitrogens with two attached hydrogens (primary N) is 1. The number of anilines is 1. The molecule has 3 heterocycles. The van der Waals surface area contributed by atoms with Gasteiger partial charge in [-0.3, -0.25) is 5.10 Å². The van der Waals surface area contributed by atoms with Crippen molar-refractivity contribution >= 4 is 22.4 Å². The Labute approximate surface area is 133 Å². The minimum atomic E-state index is 0.546. The molecule has 0 unspecified atom stereocenters. The van der Waals surface area contributed by atoms with Crippen molar-refractivity contribution in [3.05, 3.63) is 48.3 Å². The Kier molecular flexibility index (Phi) is 3.06. The lowest BCUT2D eigenvalue weighted by Crippen LogP contribution is -2.09. The van der Waals surface area contributed by atoms with Gasteiger partial charge in [0, 0.05) is 24.5 Å². The van der Waals surface area contributed by atoms with Crippen LogP contribution >= 0.6 is 0 Å². The first-order valence-corrected chi connectivity index (χ1v) is 7.46. The summed E-state index contributed by atoms with van der Waals surface area (Å²) in [6, 6.07) is 10.2. The van der Waals surface area contributed by atoms with Gasteiger partial charge in [-0.15, -0.1) is 0 Å². The number of H-pyrrole nitrogens is 1. The molecule has 1 aromatic carbocycles. The van der Waals surface area contributed by atoms with Crippen molar-refractivity contribution in [3.63, 3.8) is 0 Å². The topological polar surface area (TPSA) is 75.2 Å². The number of nitrogens with one attached hydrogen (secondary N) is 1. The minimum absolute atomic E-state index is 0.546. The summed E-state index contributed by atoms with van der Waals surface area (Å²) >= 11 is 0. The molecule has 0 bridgehead atoms. The molecular formula is C17H18N6. The van der Waals surface area contributed by atoms with Gasteiger partial charge in [0.2, 0.25) is 0 Å². The van der Waals surface area contributed by atoms with Crippen molar-refractivity contribution in [2.45, 2.75) is 6.54 Å². The smallest absolute Gasteiger partial charge is 0.148 e. The molecule has 3 aromatic heterocycles. The molecular weight excluding hydrogens is 288 g/mol. The van der Waals surface area contributed by atoms with Crippen LogP contribution in [0.3, 0.4) is 0 Å². The maximum Gasteiger partial charge on any atom is 0.148 e. The molecule has 4 aromatic rings. The fourth-order valence-electron chi connectivity index (χ4n) is 2.95. The van der Waals surface area contributed by atoms with Gasteiger partial charge in [-0.05, 0) is 43.9 Å². The third kappa shape index (κ3) is 2.33. The zero-order chi connectivity index (χ0) is 16.0. The first-order valence-electron chi connectivity index (χ1n) is 7.46. The molecule has 0 saturated carbocycles. The molecule has 0 fully saturated rings. The number of aromatic nitrogens is 4. The largest absolute Gasteiger partial charge is 0.382 e. The standard InChI is InChI=1S/C17H18N6/c1-22(2)9-11-7-16-17(18)20-14-8-12(13-5-6-19-21-13)3-4-15(14)23(16)10-11/h3-8,10H,9H2,1-2H3,(H2,18,20)(H,19,21). The van der Waals surface area contributed by atoms with Gasteiger partial charge >= 0.3 is 0 Å². The number of rotatable bonds is 3. The van der Waals surface area contributed by atoms with Gasteiger partial charge in [0.25, 0.3) is 0 Å². The minimum Gasteiger partial charge on any atom is -0.382 e. The number of fused-ring (bicyclic) bond motifs is 3. The third-order valence-corrected chi connectivity index (χ3v) is 3.93. The highest BCUT2D eigenvalue weighted by Crippen LogP contribution is 2.26. The zero-order valence-corrected chi connectivity index (χ0v) is 13.1. The van der Waals surface area contributed by atoms with Crippen LogP contribution in [0.5, 0.6) is 0 Å². The van der Waals surface area contributed by atoms with E-state index in [1.165, 1.54) is 5.56 Å². The fourth-order valence-corrected chi connectivity index (χ4v) is 2.95. The summed E-state index contributed by atoms with van der Waals surface area (Å²) < 4.78 is 2.12. The van der Waals surface area contributed by atoms with Gasteiger partial charge in [-0.1, -0.05) is 6.07 Å². The molecule has 0 amide bonds. The lowest BCUT2D eigenvalue weighted by Gasteiger charge is -2.07. The normalized spacial score (nSPS) is 11.8. The summed E-state index contributed by atoms with van der Waals surface area (Å²) in [6.45, 7) is 0.870. The molecule has 6 heteroatoms. The molecule has 3 N–H and O–H groups in total. The SMILES string of the molecule is CN(C)Cc1cc2c(N)nc3cc(-c4ccn[nH]4)ccc3n2c1. The summed E-state index contributed by atoms with van der Waals surface area (Å²) in [5.41, 5.74) is 12.3. The van der Waals surface area contributed by atoms with E-state index in [2.05, 4.69) is 63.0 Å². The molecule has 23 heavy (non-hydrogen) atoms. The maximum absolute atomic E-state index is 6.17. The van der Waals surface area contributed by atoms with E-state index in [0.29, 0.717) is 5.82 Å². The van der Waals surface area contributed by atoms with Crippen molar-refractivity contribution in [3.8, 4) is 11.3 Å². The summed E-state index contributed by atoms with van der Waals surface area (Å²) in [7, 11) is 4.11. The summed E-state index contributed by atoms with van der Waals surface area (Å²) in [4.78, 5) is 6.71. The van der Waals surface area contributed by atoms with Crippen LogP contribution in [0.1, 0.15) is 5.56 Å². The first-order chi connectivity index (χ1) is 11.1. The lowest BCUT2D eigenvalue weighted by molar-refractivity contribution is 0.402. The van der Waals surface area contributed by atoms with Crippen LogP contribution < -0.4 is 5.73 Å². The van der Waals surface area contributed by atoms with Crippen molar-refractivity contribution in [2.24, 2.45) is 0 Å². The van der Waals surface area contributed by atoms with E-state index >= 15 is 0 Å². The monoisotopic (exact) mass is 306 g/mol. The van der Waals surface area contributed by atoms with Crippen molar-refractivity contribution in [2.75, 3.05) is 19.8 Å². The average molecular weight is 306 g/mol. The number of hydrogen-bond acceptors (Lipinski definition) is 4. The highest BCUT2D eigenvalue weighted by Gasteiger charge is 2.10. The van der Waals surface area contributed by atoms with Gasteiger partial charge in [0.1, 0.15) is 5.82 Å². The third-order valence-electron chi connectivity index (χ3n) is 3.93.